The van der Waals surface area contributed by atoms with Gasteiger partial charge >= 0.3 is 5.97 Å². The normalized spacial score (nSPS) is 16.1. The van der Waals surface area contributed by atoms with Crippen LogP contribution in [0.25, 0.3) is 0 Å². The molecule has 0 saturated carbocycles. The Bertz CT molecular complexity index is 634. The van der Waals surface area contributed by atoms with Gasteiger partial charge in [-0.05, 0) is 55.3 Å². The lowest BCUT2D eigenvalue weighted by Gasteiger charge is -2.40. The van der Waals surface area contributed by atoms with E-state index in [0.717, 1.165) is 0 Å². The van der Waals surface area contributed by atoms with Crippen LogP contribution in [0.3, 0.4) is 0 Å². The lowest BCUT2D eigenvalue weighted by molar-refractivity contribution is -0.154. The summed E-state index contributed by atoms with van der Waals surface area (Å²) in [5, 5.41) is 9.78. The fourth-order valence-corrected chi connectivity index (χ4v) is 3.75. The third kappa shape index (κ3) is 6.91. The van der Waals surface area contributed by atoms with Gasteiger partial charge in [-0.1, -0.05) is 47.6 Å². The summed E-state index contributed by atoms with van der Waals surface area (Å²) in [7, 11) is -4.31. The molecule has 1 atom stereocenters. The fourth-order valence-electron chi connectivity index (χ4n) is 1.67. The summed E-state index contributed by atoms with van der Waals surface area (Å²) in [6, 6.07) is 2.04. The van der Waals surface area contributed by atoms with Gasteiger partial charge in [-0.2, -0.15) is 5.26 Å². The van der Waals surface area contributed by atoms with Crippen molar-refractivity contribution in [2.45, 2.75) is 90.3 Å². The van der Waals surface area contributed by atoms with Crippen LogP contribution in [0.1, 0.15) is 48.5 Å². The number of carbonyl (C=O) groups is 1. The van der Waals surface area contributed by atoms with Crippen LogP contribution < -0.4 is 0 Å². The Balaban J connectivity index is 5.68. The van der Waals surface area contributed by atoms with Crippen LogP contribution in [0.4, 0.5) is 0 Å². The smallest absolute Gasteiger partial charge is 0.356 e. The fraction of sp³-hybridized carbons (Fsp3) is 0.714. The molecule has 160 valence electrons. The van der Waals surface area contributed by atoms with E-state index in [1.807, 2.05) is 19.2 Å². The van der Waals surface area contributed by atoms with Crippen LogP contribution in [-0.4, -0.2) is 34.8 Å². The Morgan fingerprint density at radius 1 is 0.964 bits per heavy atom. The number of allylic oxidation sites excluding steroid dienone is 2. The molecule has 1 unspecified atom stereocenters. The standard InChI is InChI=1S/C21H39NO4Si2/c1-12-24-18(23)21(17-22,26-28(10,11)20(5,6)7)15-13-14-16-25-27(8,9)19(2,3)4/h13-16H,12H2,1-11H3/b15-13+,16-14-. The van der Waals surface area contributed by atoms with Crippen LogP contribution in [0.2, 0.25) is 36.3 Å². The van der Waals surface area contributed by atoms with Gasteiger partial charge in [0, 0.05) is 0 Å². The Morgan fingerprint density at radius 2 is 1.46 bits per heavy atom. The lowest BCUT2D eigenvalue weighted by atomic mass is 10.1. The van der Waals surface area contributed by atoms with E-state index < -0.39 is 28.2 Å². The molecule has 28 heavy (non-hydrogen) atoms. The molecule has 0 saturated heterocycles. The van der Waals surface area contributed by atoms with E-state index in [2.05, 4.69) is 54.6 Å². The minimum atomic E-state index is -2.40. The minimum absolute atomic E-state index is 0.0911. The summed E-state index contributed by atoms with van der Waals surface area (Å²) < 4.78 is 17.3. The summed E-state index contributed by atoms with van der Waals surface area (Å²) in [6.07, 6.45) is 6.42. The van der Waals surface area contributed by atoms with Crippen molar-refractivity contribution in [1.29, 1.82) is 5.26 Å². The quantitative estimate of drug-likeness (QED) is 0.209. The molecule has 0 aromatic heterocycles. The maximum atomic E-state index is 12.6. The van der Waals surface area contributed by atoms with E-state index in [0.29, 0.717) is 0 Å². The number of rotatable bonds is 8. The van der Waals surface area contributed by atoms with Crippen LogP contribution >= 0.6 is 0 Å². The highest BCUT2D eigenvalue weighted by molar-refractivity contribution is 6.74. The molecule has 0 spiro atoms. The van der Waals surface area contributed by atoms with Gasteiger partial charge in [0.1, 0.15) is 6.07 Å². The molecular formula is C21H39NO4Si2. The predicted molar refractivity (Wildman–Crippen MR) is 120 cm³/mol. The van der Waals surface area contributed by atoms with E-state index >= 15 is 0 Å². The van der Waals surface area contributed by atoms with E-state index in [-0.39, 0.29) is 16.7 Å². The Labute approximate surface area is 174 Å². The third-order valence-corrected chi connectivity index (χ3v) is 14.4. The topological polar surface area (TPSA) is 68.6 Å². The second kappa shape index (κ2) is 9.42. The average molecular weight is 426 g/mol. The third-order valence-electron chi connectivity index (χ3n) is 5.66. The number of nitriles is 1. The molecule has 0 aliphatic heterocycles. The molecule has 0 aromatic rings. The van der Waals surface area contributed by atoms with Crippen LogP contribution in [0, 0.1) is 11.3 Å². The number of ether oxygens (including phenoxy) is 1. The first-order valence-electron chi connectivity index (χ1n) is 9.76. The summed E-state index contributed by atoms with van der Waals surface area (Å²) >= 11 is 0. The van der Waals surface area contributed by atoms with Crippen LogP contribution in [0.5, 0.6) is 0 Å². The SMILES string of the molecule is CCOC(=O)C(C#N)(/C=C/C=C\O[Si](C)(C)C(C)(C)C)O[Si](C)(C)C(C)(C)C. The Morgan fingerprint density at radius 3 is 1.86 bits per heavy atom. The average Bonchev–Trinajstić information content (AvgIpc) is 2.51. The van der Waals surface area contributed by atoms with Crippen molar-refractivity contribution >= 4 is 22.6 Å². The first-order chi connectivity index (χ1) is 12.5. The Kier molecular flexibility index (Phi) is 8.96. The summed E-state index contributed by atoms with van der Waals surface area (Å²) in [4.78, 5) is 12.6. The molecule has 0 N–H and O–H groups in total. The highest BCUT2D eigenvalue weighted by atomic mass is 28.4. The van der Waals surface area contributed by atoms with E-state index in [9.17, 15) is 10.1 Å². The monoisotopic (exact) mass is 425 g/mol. The molecule has 0 aromatic carbocycles. The van der Waals surface area contributed by atoms with Gasteiger partial charge in [-0.3, -0.25) is 0 Å². The van der Waals surface area contributed by atoms with Gasteiger partial charge < -0.3 is 13.6 Å². The molecule has 0 aliphatic carbocycles. The van der Waals surface area contributed by atoms with Gasteiger partial charge in [0.15, 0.2) is 8.32 Å². The van der Waals surface area contributed by atoms with Gasteiger partial charge in [-0.15, -0.1) is 0 Å². The molecule has 5 nitrogen and oxygen atoms in total. The van der Waals surface area contributed by atoms with Crippen molar-refractivity contribution in [3.8, 4) is 6.07 Å². The summed E-state index contributed by atoms with van der Waals surface area (Å²) in [5.41, 5.74) is -1.76. The highest BCUT2D eigenvalue weighted by Crippen LogP contribution is 2.40. The maximum Gasteiger partial charge on any atom is 0.356 e. The second-order valence-electron chi connectivity index (χ2n) is 10.00. The van der Waals surface area contributed by atoms with Crippen molar-refractivity contribution < 1.29 is 18.4 Å². The zero-order valence-electron chi connectivity index (χ0n) is 19.6. The van der Waals surface area contributed by atoms with Crippen LogP contribution in [0.15, 0.2) is 24.5 Å². The second-order valence-corrected chi connectivity index (χ2v) is 19.5. The molecule has 7 heteroatoms. The first-order valence-corrected chi connectivity index (χ1v) is 15.6. The number of carbonyl (C=O) groups excluding carboxylic acids is 1. The number of nitrogens with zero attached hydrogens (tertiary/aromatic N) is 1. The number of hydrogen-bond acceptors (Lipinski definition) is 5. The van der Waals surface area contributed by atoms with Crippen LogP contribution in [-0.2, 0) is 18.4 Å². The zero-order valence-corrected chi connectivity index (χ0v) is 21.6. The highest BCUT2D eigenvalue weighted by Gasteiger charge is 2.49. The maximum absolute atomic E-state index is 12.6. The molecule has 0 bridgehead atoms. The lowest BCUT2D eigenvalue weighted by Crippen LogP contribution is -2.52. The molecule has 0 aliphatic rings. The zero-order chi connectivity index (χ0) is 22.4. The molecular weight excluding hydrogens is 386 g/mol. The molecule has 0 fully saturated rings. The number of esters is 1. The molecule has 0 rings (SSSR count). The first kappa shape index (κ1) is 26.6. The summed E-state index contributed by atoms with van der Waals surface area (Å²) in [6.45, 7) is 22.9. The van der Waals surface area contributed by atoms with Gasteiger partial charge in [0.2, 0.25) is 8.32 Å². The van der Waals surface area contributed by atoms with Gasteiger partial charge in [0.25, 0.3) is 5.60 Å². The van der Waals surface area contributed by atoms with Crippen molar-refractivity contribution in [2.75, 3.05) is 6.61 Å². The predicted octanol–water partition coefficient (Wildman–Crippen LogP) is 5.93. The van der Waals surface area contributed by atoms with Crippen molar-refractivity contribution in [2.24, 2.45) is 0 Å². The van der Waals surface area contributed by atoms with Gasteiger partial charge in [-0.25, -0.2) is 4.79 Å². The van der Waals surface area contributed by atoms with E-state index in [1.54, 1.807) is 25.3 Å². The molecule has 0 heterocycles. The van der Waals surface area contributed by atoms with Crippen molar-refractivity contribution in [1.82, 2.24) is 0 Å². The van der Waals surface area contributed by atoms with Gasteiger partial charge in [0.05, 0.1) is 12.9 Å². The summed E-state index contributed by atoms with van der Waals surface area (Å²) in [5.74, 6) is -0.683. The van der Waals surface area contributed by atoms with E-state index in [4.69, 9.17) is 13.6 Å². The van der Waals surface area contributed by atoms with Crippen molar-refractivity contribution in [3.63, 3.8) is 0 Å². The molecule has 0 radical (unpaired) electrons. The number of hydrogen-bond donors (Lipinski definition) is 0. The Hall–Kier alpha value is -1.37. The van der Waals surface area contributed by atoms with Crippen molar-refractivity contribution in [3.05, 3.63) is 24.5 Å². The largest absolute Gasteiger partial charge is 0.549 e. The minimum Gasteiger partial charge on any atom is -0.549 e. The van der Waals surface area contributed by atoms with E-state index in [1.165, 1.54) is 6.08 Å². The molecule has 0 amide bonds.